The van der Waals surface area contributed by atoms with Crippen LogP contribution in [0.1, 0.15) is 19.4 Å². The number of ether oxygens (including phenoxy) is 1. The molecule has 0 bridgehead atoms. The van der Waals surface area contributed by atoms with E-state index in [1.165, 1.54) is 0 Å². The Morgan fingerprint density at radius 1 is 1.42 bits per heavy atom. The number of rotatable bonds is 6. The zero-order valence-electron chi connectivity index (χ0n) is 12.4. The van der Waals surface area contributed by atoms with Gasteiger partial charge in [0.2, 0.25) is 0 Å². The number of benzene rings is 1. The molecular formula is C16H23NO2. The predicted octanol–water partition coefficient (Wildman–Crippen LogP) is 2.87. The summed E-state index contributed by atoms with van der Waals surface area (Å²) in [5.74, 6) is 1.00. The number of carbonyl (C=O) groups excluding carboxylic acids is 1. The molecule has 19 heavy (non-hydrogen) atoms. The topological polar surface area (TPSA) is 29.5 Å². The van der Waals surface area contributed by atoms with Gasteiger partial charge in [0.25, 0.3) is 0 Å². The Morgan fingerprint density at radius 3 is 2.68 bits per heavy atom. The molecule has 0 amide bonds. The molecule has 1 rings (SSSR count). The Morgan fingerprint density at radius 2 is 2.11 bits per heavy atom. The van der Waals surface area contributed by atoms with Crippen molar-refractivity contribution in [3.8, 4) is 5.75 Å². The van der Waals surface area contributed by atoms with Gasteiger partial charge < -0.3 is 9.64 Å². The average molecular weight is 261 g/mol. The smallest absolute Gasteiger partial charge is 0.162 e. The highest BCUT2D eigenvalue weighted by molar-refractivity contribution is 6.00. The third-order valence-corrected chi connectivity index (χ3v) is 2.95. The SMILES string of the molecule is COc1cccc(C=C(C)C(=O)C(C)CN(C)C)c1. The Kier molecular flexibility index (Phi) is 5.77. The maximum absolute atomic E-state index is 12.2. The summed E-state index contributed by atoms with van der Waals surface area (Å²) in [6.45, 7) is 4.60. The van der Waals surface area contributed by atoms with Crippen molar-refractivity contribution in [1.82, 2.24) is 4.90 Å². The van der Waals surface area contributed by atoms with Gasteiger partial charge in [0, 0.05) is 12.5 Å². The summed E-state index contributed by atoms with van der Waals surface area (Å²) >= 11 is 0. The van der Waals surface area contributed by atoms with E-state index in [0.29, 0.717) is 0 Å². The highest BCUT2D eigenvalue weighted by atomic mass is 16.5. The maximum Gasteiger partial charge on any atom is 0.162 e. The molecule has 0 aliphatic rings. The molecule has 0 fully saturated rings. The van der Waals surface area contributed by atoms with Crippen LogP contribution < -0.4 is 4.74 Å². The van der Waals surface area contributed by atoms with Gasteiger partial charge in [-0.05, 0) is 50.4 Å². The van der Waals surface area contributed by atoms with Crippen molar-refractivity contribution in [3.05, 3.63) is 35.4 Å². The van der Waals surface area contributed by atoms with Gasteiger partial charge in [-0.1, -0.05) is 19.1 Å². The van der Waals surface area contributed by atoms with Crippen LogP contribution in [0.4, 0.5) is 0 Å². The molecule has 0 saturated carbocycles. The minimum Gasteiger partial charge on any atom is -0.497 e. The van der Waals surface area contributed by atoms with Gasteiger partial charge >= 0.3 is 0 Å². The van der Waals surface area contributed by atoms with Crippen LogP contribution in [0.3, 0.4) is 0 Å². The van der Waals surface area contributed by atoms with E-state index in [0.717, 1.165) is 23.4 Å². The van der Waals surface area contributed by atoms with E-state index in [-0.39, 0.29) is 11.7 Å². The molecule has 104 valence electrons. The van der Waals surface area contributed by atoms with Crippen LogP contribution >= 0.6 is 0 Å². The first-order valence-corrected chi connectivity index (χ1v) is 6.45. The Hall–Kier alpha value is -1.61. The molecule has 1 aromatic rings. The van der Waals surface area contributed by atoms with Gasteiger partial charge in [0.15, 0.2) is 5.78 Å². The summed E-state index contributed by atoms with van der Waals surface area (Å²) < 4.78 is 5.18. The number of methoxy groups -OCH3 is 1. The summed E-state index contributed by atoms with van der Waals surface area (Å²) in [6.07, 6.45) is 1.91. The van der Waals surface area contributed by atoms with Crippen LogP contribution in [0, 0.1) is 5.92 Å². The number of carbonyl (C=O) groups is 1. The average Bonchev–Trinajstić information content (AvgIpc) is 2.37. The second kappa shape index (κ2) is 7.10. The zero-order valence-corrected chi connectivity index (χ0v) is 12.4. The first-order chi connectivity index (χ1) is 8.93. The van der Waals surface area contributed by atoms with Crippen molar-refractivity contribution >= 4 is 11.9 Å². The standard InChI is InChI=1S/C16H23NO2/c1-12(16(18)13(2)11-17(3)4)9-14-7-6-8-15(10-14)19-5/h6-10,13H,11H2,1-5H3. The molecule has 1 unspecified atom stereocenters. The van der Waals surface area contributed by atoms with Gasteiger partial charge in [0.1, 0.15) is 5.75 Å². The van der Waals surface area contributed by atoms with E-state index in [2.05, 4.69) is 0 Å². The molecule has 3 heteroatoms. The largest absolute Gasteiger partial charge is 0.497 e. The lowest BCUT2D eigenvalue weighted by Gasteiger charge is -2.16. The molecular weight excluding hydrogens is 238 g/mol. The fourth-order valence-electron chi connectivity index (χ4n) is 2.07. The lowest BCUT2D eigenvalue weighted by atomic mass is 9.98. The first kappa shape index (κ1) is 15.4. The molecule has 0 heterocycles. The third kappa shape index (κ3) is 4.87. The van der Waals surface area contributed by atoms with Crippen LogP contribution in [0.2, 0.25) is 0 Å². The number of allylic oxidation sites excluding steroid dienone is 1. The summed E-state index contributed by atoms with van der Waals surface area (Å²) in [5.41, 5.74) is 1.77. The van der Waals surface area contributed by atoms with E-state index in [1.54, 1.807) is 7.11 Å². The molecule has 0 radical (unpaired) electrons. The molecule has 0 aromatic heterocycles. The molecule has 3 nitrogen and oxygen atoms in total. The molecule has 0 saturated heterocycles. The molecule has 1 atom stereocenters. The van der Waals surface area contributed by atoms with E-state index in [1.807, 2.05) is 63.2 Å². The first-order valence-electron chi connectivity index (χ1n) is 6.45. The minimum absolute atomic E-state index is 0.0110. The molecule has 1 aromatic carbocycles. The highest BCUT2D eigenvalue weighted by Crippen LogP contribution is 2.17. The number of Topliss-reactive ketones (excluding diaryl/α,β-unsaturated/α-hetero) is 1. The van der Waals surface area contributed by atoms with Crippen LogP contribution in [0.15, 0.2) is 29.8 Å². The summed E-state index contributed by atoms with van der Waals surface area (Å²) in [5, 5.41) is 0. The van der Waals surface area contributed by atoms with E-state index in [4.69, 9.17) is 4.74 Å². The molecule has 0 aliphatic carbocycles. The van der Waals surface area contributed by atoms with Crippen molar-refractivity contribution < 1.29 is 9.53 Å². The number of hydrogen-bond acceptors (Lipinski definition) is 3. The van der Waals surface area contributed by atoms with Gasteiger partial charge in [-0.15, -0.1) is 0 Å². The Labute approximate surface area is 115 Å². The van der Waals surface area contributed by atoms with Gasteiger partial charge in [0.05, 0.1) is 7.11 Å². The fourth-order valence-corrected chi connectivity index (χ4v) is 2.07. The van der Waals surface area contributed by atoms with Crippen molar-refractivity contribution in [2.45, 2.75) is 13.8 Å². The quantitative estimate of drug-likeness (QED) is 0.737. The van der Waals surface area contributed by atoms with Crippen LogP contribution in [-0.4, -0.2) is 38.4 Å². The van der Waals surface area contributed by atoms with Gasteiger partial charge in [-0.2, -0.15) is 0 Å². The van der Waals surface area contributed by atoms with Gasteiger partial charge in [-0.3, -0.25) is 4.79 Å². The number of nitrogens with zero attached hydrogens (tertiary/aromatic N) is 1. The summed E-state index contributed by atoms with van der Waals surface area (Å²) in [4.78, 5) is 14.2. The van der Waals surface area contributed by atoms with Crippen molar-refractivity contribution in [2.24, 2.45) is 5.92 Å². The maximum atomic E-state index is 12.2. The normalized spacial score (nSPS) is 13.5. The zero-order chi connectivity index (χ0) is 14.4. The highest BCUT2D eigenvalue weighted by Gasteiger charge is 2.15. The fraction of sp³-hybridized carbons (Fsp3) is 0.438. The van der Waals surface area contributed by atoms with Crippen LogP contribution in [-0.2, 0) is 4.79 Å². The van der Waals surface area contributed by atoms with Crippen molar-refractivity contribution in [1.29, 1.82) is 0 Å². The molecule has 0 N–H and O–H groups in total. The van der Waals surface area contributed by atoms with Crippen molar-refractivity contribution in [3.63, 3.8) is 0 Å². The second-order valence-corrected chi connectivity index (χ2v) is 5.13. The van der Waals surface area contributed by atoms with Crippen LogP contribution in [0.5, 0.6) is 5.75 Å². The van der Waals surface area contributed by atoms with Crippen molar-refractivity contribution in [2.75, 3.05) is 27.7 Å². The molecule has 0 aliphatic heterocycles. The Balaban J connectivity index is 2.82. The summed E-state index contributed by atoms with van der Waals surface area (Å²) in [6, 6.07) is 7.71. The minimum atomic E-state index is 0.0110. The second-order valence-electron chi connectivity index (χ2n) is 5.13. The number of hydrogen-bond donors (Lipinski definition) is 0. The van der Waals surface area contributed by atoms with Crippen LogP contribution in [0.25, 0.3) is 6.08 Å². The lowest BCUT2D eigenvalue weighted by molar-refractivity contribution is -0.119. The predicted molar refractivity (Wildman–Crippen MR) is 79.4 cm³/mol. The van der Waals surface area contributed by atoms with Gasteiger partial charge in [-0.25, -0.2) is 0 Å². The lowest BCUT2D eigenvalue weighted by Crippen LogP contribution is -2.26. The third-order valence-electron chi connectivity index (χ3n) is 2.95. The van der Waals surface area contributed by atoms with E-state index < -0.39 is 0 Å². The monoisotopic (exact) mass is 261 g/mol. The number of ketones is 1. The molecule has 0 spiro atoms. The summed E-state index contributed by atoms with van der Waals surface area (Å²) in [7, 11) is 5.59. The van der Waals surface area contributed by atoms with E-state index >= 15 is 0 Å². The Bertz CT molecular complexity index is 464. The van der Waals surface area contributed by atoms with E-state index in [9.17, 15) is 4.79 Å².